The maximum atomic E-state index is 13.3. The van der Waals surface area contributed by atoms with Gasteiger partial charge in [0.05, 0.1) is 17.6 Å². The molecule has 3 rings (SSSR count). The van der Waals surface area contributed by atoms with Gasteiger partial charge in [0.15, 0.2) is 6.40 Å². The Labute approximate surface area is 195 Å². The van der Waals surface area contributed by atoms with Crippen LogP contribution < -0.4 is 15.5 Å². The summed E-state index contributed by atoms with van der Waals surface area (Å²) in [5.41, 5.74) is -0.263. The third-order valence-electron chi connectivity index (χ3n) is 5.39. The number of carbonyl (C=O) groups excluding carboxylic acids is 1. The van der Waals surface area contributed by atoms with Gasteiger partial charge in [0.1, 0.15) is 23.0 Å². The Morgan fingerprint density at radius 1 is 0.941 bits per heavy atom. The molecule has 0 aromatic heterocycles. The summed E-state index contributed by atoms with van der Waals surface area (Å²) in [5, 5.41) is 69.5. The fraction of sp³-hybridized carbons (Fsp3) is 0.250. The summed E-state index contributed by atoms with van der Waals surface area (Å²) < 4.78 is 5.00. The number of phenols is 4. The van der Waals surface area contributed by atoms with Gasteiger partial charge in [-0.2, -0.15) is 0 Å². The third-order valence-corrected chi connectivity index (χ3v) is 5.39. The monoisotopic (exact) mass is 468 g/mol. The first-order valence-electron chi connectivity index (χ1n) is 10.4. The number of hydrogen-bond donors (Lipinski definition) is 5. The minimum Gasteiger partial charge on any atom is -0.851 e. The highest BCUT2D eigenvalue weighted by atomic mass is 16.5. The van der Waals surface area contributed by atoms with Crippen molar-refractivity contribution in [2.75, 3.05) is 5.32 Å². The average molecular weight is 468 g/mol. The lowest BCUT2D eigenvalue weighted by Crippen LogP contribution is -2.63. The van der Waals surface area contributed by atoms with E-state index in [1.807, 2.05) is 0 Å². The van der Waals surface area contributed by atoms with Gasteiger partial charge in [0.2, 0.25) is 5.91 Å². The normalized spacial score (nSPS) is 22.4. The lowest BCUT2D eigenvalue weighted by molar-refractivity contribution is -0.536. The van der Waals surface area contributed by atoms with Crippen LogP contribution in [0.4, 0.5) is 11.4 Å². The van der Waals surface area contributed by atoms with Gasteiger partial charge in [-0.15, -0.1) is 12.2 Å². The number of anilines is 1. The minimum atomic E-state index is -1.64. The van der Waals surface area contributed by atoms with Crippen LogP contribution in [0.15, 0.2) is 53.7 Å². The molecule has 10 nitrogen and oxygen atoms in total. The molecule has 2 aromatic carbocycles. The molecule has 0 saturated heterocycles. The summed E-state index contributed by atoms with van der Waals surface area (Å²) in [4.78, 5) is 16.0. The summed E-state index contributed by atoms with van der Waals surface area (Å²) in [6.07, 6.45) is 3.34. The number of benzene rings is 2. The van der Waals surface area contributed by atoms with Crippen LogP contribution in [0.1, 0.15) is 36.8 Å². The number of allylic oxidation sites excluding steroid dienone is 2. The van der Waals surface area contributed by atoms with E-state index < -0.39 is 41.4 Å². The van der Waals surface area contributed by atoms with Crippen molar-refractivity contribution >= 4 is 23.7 Å². The fourth-order valence-corrected chi connectivity index (χ4v) is 3.99. The van der Waals surface area contributed by atoms with Gasteiger partial charge in [0.25, 0.3) is 0 Å². The zero-order valence-corrected chi connectivity index (χ0v) is 18.4. The number of aliphatic imine (C=N–C) groups is 1. The van der Waals surface area contributed by atoms with Crippen LogP contribution in [0.25, 0.3) is 0 Å². The molecule has 0 spiro atoms. The predicted octanol–water partition coefficient (Wildman–Crippen LogP) is 1.57. The highest BCUT2D eigenvalue weighted by Gasteiger charge is 2.43. The number of rotatable bonds is 7. The number of carbonyl (C=O) groups is 1. The molecule has 1 saturated carbocycles. The maximum Gasteiger partial charge on any atom is 0.248 e. The molecule has 180 valence electrons. The highest BCUT2D eigenvalue weighted by molar-refractivity contribution is 6.00. The molecule has 2 unspecified atom stereocenters. The zero-order valence-electron chi connectivity index (χ0n) is 18.4. The Morgan fingerprint density at radius 2 is 1.53 bits per heavy atom. The van der Waals surface area contributed by atoms with Gasteiger partial charge >= 0.3 is 0 Å². The van der Waals surface area contributed by atoms with Crippen molar-refractivity contribution in [3.8, 4) is 23.0 Å². The lowest BCUT2D eigenvalue weighted by atomic mass is 9.62. The van der Waals surface area contributed by atoms with Crippen molar-refractivity contribution in [2.24, 2.45) is 4.99 Å². The van der Waals surface area contributed by atoms with E-state index >= 15 is 0 Å². The number of ether oxygens (including phenoxy) is 1. The molecule has 34 heavy (non-hydrogen) atoms. The van der Waals surface area contributed by atoms with Crippen LogP contribution in [0.2, 0.25) is 0 Å². The number of phenolic OH excluding ortho intramolecular Hbond substituents is 4. The molecule has 2 aromatic rings. The summed E-state index contributed by atoms with van der Waals surface area (Å²) in [7, 11) is 0. The summed E-state index contributed by atoms with van der Waals surface area (Å²) >= 11 is 0. The lowest BCUT2D eigenvalue weighted by Gasteiger charge is -2.62. The Hall–Kier alpha value is -4.02. The Morgan fingerprint density at radius 3 is 2.15 bits per heavy atom. The van der Waals surface area contributed by atoms with E-state index in [1.54, 1.807) is 19.9 Å². The summed E-state index contributed by atoms with van der Waals surface area (Å²) in [6, 6.07) is 4.28. The molecule has 1 fully saturated rings. The van der Waals surface area contributed by atoms with Crippen LogP contribution >= 0.6 is 0 Å². The SMILES string of the molecule is CC=CC(=O)Nc1cc(O)cc(O)c1C1C([O-])C(c2c(O)cc(O)cc2N=CO/C=C\C)C1[O-]. The first-order chi connectivity index (χ1) is 16.2. The number of amides is 1. The first-order valence-corrected chi connectivity index (χ1v) is 10.4. The average Bonchev–Trinajstić information content (AvgIpc) is 2.75. The molecule has 10 heteroatoms. The van der Waals surface area contributed by atoms with Crippen LogP contribution in [0, 0.1) is 0 Å². The van der Waals surface area contributed by atoms with Gasteiger partial charge in [-0.1, -0.05) is 12.2 Å². The van der Waals surface area contributed by atoms with Gasteiger partial charge < -0.3 is 40.7 Å². The van der Waals surface area contributed by atoms with Crippen LogP contribution in [0.3, 0.4) is 0 Å². The molecular formula is C24H24N2O8-2. The van der Waals surface area contributed by atoms with E-state index in [1.165, 1.54) is 24.5 Å². The third kappa shape index (κ3) is 4.82. The predicted molar refractivity (Wildman–Crippen MR) is 120 cm³/mol. The zero-order chi connectivity index (χ0) is 25.0. The minimum absolute atomic E-state index is 0.0244. The van der Waals surface area contributed by atoms with Gasteiger partial charge in [0, 0.05) is 35.4 Å². The molecule has 0 heterocycles. The first kappa shape index (κ1) is 24.6. The molecule has 1 aliphatic carbocycles. The van der Waals surface area contributed by atoms with E-state index in [4.69, 9.17) is 4.74 Å². The number of aromatic hydroxyl groups is 4. The van der Waals surface area contributed by atoms with Crippen molar-refractivity contribution in [1.82, 2.24) is 0 Å². The Kier molecular flexibility index (Phi) is 7.44. The standard InChI is InChI=1S/C24H24N2O8/c1-3-5-18(31)26-15-8-13(28)10-17(30)20(15)22-23(32)21(24(22)33)19-14(25-11-34-6-4-2)7-12(27)9-16(19)29/h3-11,21-24,27-30H,1-2H3,(H,26,31)/q-2/b5-3?,6-4-,25-11?. The summed E-state index contributed by atoms with van der Waals surface area (Å²) in [6.45, 7) is 3.33. The number of nitrogens with one attached hydrogen (secondary N) is 1. The molecular weight excluding hydrogens is 444 g/mol. The second-order valence-electron chi connectivity index (χ2n) is 7.63. The second kappa shape index (κ2) is 10.3. The largest absolute Gasteiger partial charge is 0.851 e. The molecule has 5 N–H and O–H groups in total. The quantitative estimate of drug-likeness (QED) is 0.176. The van der Waals surface area contributed by atoms with E-state index in [0.717, 1.165) is 24.6 Å². The van der Waals surface area contributed by atoms with Gasteiger partial charge in [-0.25, -0.2) is 4.99 Å². The van der Waals surface area contributed by atoms with Gasteiger partial charge in [-0.3, -0.25) is 4.79 Å². The molecule has 1 amide bonds. The van der Waals surface area contributed by atoms with Crippen LogP contribution in [0.5, 0.6) is 23.0 Å². The van der Waals surface area contributed by atoms with Crippen LogP contribution in [-0.2, 0) is 9.53 Å². The van der Waals surface area contributed by atoms with Crippen molar-refractivity contribution in [2.45, 2.75) is 37.9 Å². The van der Waals surface area contributed by atoms with Gasteiger partial charge in [-0.05, 0) is 31.8 Å². The Bertz CT molecular complexity index is 1150. The number of hydrogen-bond acceptors (Lipinski definition) is 9. The van der Waals surface area contributed by atoms with Crippen molar-refractivity contribution in [3.63, 3.8) is 0 Å². The fourth-order valence-electron chi connectivity index (χ4n) is 3.99. The molecule has 0 radical (unpaired) electrons. The Balaban J connectivity index is 2.00. The number of nitrogens with zero attached hydrogens (tertiary/aromatic N) is 1. The molecule has 2 atom stereocenters. The maximum absolute atomic E-state index is 13.3. The van der Waals surface area contributed by atoms with Crippen molar-refractivity contribution in [1.29, 1.82) is 0 Å². The van der Waals surface area contributed by atoms with E-state index in [-0.39, 0.29) is 34.0 Å². The topological polar surface area (TPSA) is 178 Å². The molecule has 1 aliphatic rings. The van der Waals surface area contributed by atoms with Crippen molar-refractivity contribution < 1.29 is 40.2 Å². The molecule has 0 aliphatic heterocycles. The smallest absolute Gasteiger partial charge is 0.248 e. The van der Waals surface area contributed by atoms with Crippen molar-refractivity contribution in [3.05, 3.63) is 59.9 Å². The van der Waals surface area contributed by atoms with E-state index in [2.05, 4.69) is 10.3 Å². The van der Waals surface area contributed by atoms with Crippen LogP contribution in [-0.4, -0.2) is 44.9 Å². The second-order valence-corrected chi connectivity index (χ2v) is 7.63. The van der Waals surface area contributed by atoms with E-state index in [9.17, 15) is 35.4 Å². The summed E-state index contributed by atoms with van der Waals surface area (Å²) in [5.74, 6) is -4.85. The highest BCUT2D eigenvalue weighted by Crippen LogP contribution is 2.54. The molecule has 0 bridgehead atoms. The van der Waals surface area contributed by atoms with E-state index in [0.29, 0.717) is 0 Å².